The summed E-state index contributed by atoms with van der Waals surface area (Å²) in [4.78, 5) is 24.1. The van der Waals surface area contributed by atoms with E-state index < -0.39 is 0 Å². The van der Waals surface area contributed by atoms with Crippen molar-refractivity contribution >= 4 is 58.3 Å². The average molecular weight is 563 g/mol. The molecular weight excluding hydrogens is 531 g/mol. The van der Waals surface area contributed by atoms with E-state index in [1.807, 2.05) is 31.4 Å². The zero-order chi connectivity index (χ0) is 21.3. The van der Waals surface area contributed by atoms with Crippen molar-refractivity contribution in [2.75, 3.05) is 66.6 Å². The smallest absolute Gasteiger partial charge is 0.234 e. The topological polar surface area (TPSA) is 85.0 Å². The number of aromatic amines is 1. The molecule has 31 heavy (non-hydrogen) atoms. The number of rotatable bonds is 8. The van der Waals surface area contributed by atoms with Crippen LogP contribution in [0.25, 0.3) is 10.9 Å². The molecule has 1 aromatic heterocycles. The van der Waals surface area contributed by atoms with Crippen molar-refractivity contribution in [3.05, 3.63) is 35.0 Å². The van der Waals surface area contributed by atoms with Gasteiger partial charge in [0.25, 0.3) is 0 Å². The van der Waals surface area contributed by atoms with E-state index >= 15 is 0 Å². The number of H-pyrrole nitrogens is 1. The standard InChI is InChI=1S/C21H31ClN6O2.HI/c1-23-21(25-6-5-16-14-26-19-4-3-17(22)13-18(16)19)28-10-8-27(9-11-28)15-20(29)24-7-12-30-2;/h3-4,13-14,26H,5-12,15H2,1-2H3,(H,23,25)(H,24,29);1H. The molecule has 1 amide bonds. The van der Waals surface area contributed by atoms with Crippen molar-refractivity contribution in [2.45, 2.75) is 6.42 Å². The van der Waals surface area contributed by atoms with Crippen molar-refractivity contribution in [3.8, 4) is 0 Å². The third-order valence-corrected chi connectivity index (χ3v) is 5.52. The summed E-state index contributed by atoms with van der Waals surface area (Å²) >= 11 is 6.14. The van der Waals surface area contributed by atoms with Gasteiger partial charge in [-0.25, -0.2) is 0 Å². The Morgan fingerprint density at radius 1 is 1.23 bits per heavy atom. The highest BCUT2D eigenvalue weighted by molar-refractivity contribution is 14.0. The minimum atomic E-state index is 0. The second kappa shape index (κ2) is 13.1. The molecule has 0 radical (unpaired) electrons. The first-order chi connectivity index (χ1) is 14.6. The fraction of sp³-hybridized carbons (Fsp3) is 0.524. The third kappa shape index (κ3) is 7.51. The molecule has 1 aliphatic rings. The Morgan fingerprint density at radius 3 is 2.71 bits per heavy atom. The summed E-state index contributed by atoms with van der Waals surface area (Å²) in [6, 6.07) is 5.90. The van der Waals surface area contributed by atoms with Crippen molar-refractivity contribution in [2.24, 2.45) is 4.99 Å². The van der Waals surface area contributed by atoms with Crippen LogP contribution in [0.4, 0.5) is 0 Å². The van der Waals surface area contributed by atoms with E-state index in [1.165, 1.54) is 5.56 Å². The summed E-state index contributed by atoms with van der Waals surface area (Å²) in [6.45, 7) is 5.64. The molecule has 0 unspecified atom stereocenters. The molecule has 0 saturated carbocycles. The predicted octanol–water partition coefficient (Wildman–Crippen LogP) is 1.94. The maximum atomic E-state index is 12.0. The molecule has 3 rings (SSSR count). The molecule has 8 nitrogen and oxygen atoms in total. The molecule has 1 aromatic carbocycles. The van der Waals surface area contributed by atoms with Gasteiger partial charge in [0, 0.05) is 75.5 Å². The molecule has 10 heteroatoms. The second-order valence-electron chi connectivity index (χ2n) is 7.33. The van der Waals surface area contributed by atoms with Gasteiger partial charge in [0.15, 0.2) is 5.96 Å². The van der Waals surface area contributed by atoms with Gasteiger partial charge < -0.3 is 25.3 Å². The van der Waals surface area contributed by atoms with E-state index in [2.05, 4.69) is 30.4 Å². The van der Waals surface area contributed by atoms with Crippen LogP contribution >= 0.6 is 35.6 Å². The number of fused-ring (bicyclic) bond motifs is 1. The molecule has 2 aromatic rings. The number of guanidine groups is 1. The molecule has 0 aliphatic carbocycles. The normalized spacial score (nSPS) is 15.1. The fourth-order valence-electron chi connectivity index (χ4n) is 3.67. The molecule has 0 spiro atoms. The Balaban J connectivity index is 0.00000341. The number of hydrogen-bond acceptors (Lipinski definition) is 4. The number of amides is 1. The highest BCUT2D eigenvalue weighted by atomic mass is 127. The molecule has 1 fully saturated rings. The quantitative estimate of drug-likeness (QED) is 0.198. The Hall–Kier alpha value is -1.56. The number of hydrogen-bond donors (Lipinski definition) is 3. The fourth-order valence-corrected chi connectivity index (χ4v) is 3.84. The van der Waals surface area contributed by atoms with Gasteiger partial charge in [0.05, 0.1) is 13.2 Å². The molecule has 1 aliphatic heterocycles. The van der Waals surface area contributed by atoms with Gasteiger partial charge >= 0.3 is 0 Å². The van der Waals surface area contributed by atoms with E-state index in [9.17, 15) is 4.79 Å². The number of aromatic nitrogens is 1. The van der Waals surface area contributed by atoms with E-state index in [0.717, 1.165) is 61.0 Å². The van der Waals surface area contributed by atoms with Crippen molar-refractivity contribution in [3.63, 3.8) is 0 Å². The number of nitrogens with one attached hydrogen (secondary N) is 3. The van der Waals surface area contributed by atoms with Crippen LogP contribution in [0.2, 0.25) is 5.02 Å². The largest absolute Gasteiger partial charge is 0.383 e. The maximum absolute atomic E-state index is 12.0. The van der Waals surface area contributed by atoms with Crippen molar-refractivity contribution in [1.29, 1.82) is 0 Å². The van der Waals surface area contributed by atoms with Gasteiger partial charge in [-0.05, 0) is 30.2 Å². The molecule has 3 N–H and O–H groups in total. The highest BCUT2D eigenvalue weighted by Crippen LogP contribution is 2.22. The van der Waals surface area contributed by atoms with Crippen LogP contribution in [0.3, 0.4) is 0 Å². The number of halogens is 2. The monoisotopic (exact) mass is 562 g/mol. The number of benzene rings is 1. The lowest BCUT2D eigenvalue weighted by molar-refractivity contribution is -0.122. The zero-order valence-electron chi connectivity index (χ0n) is 18.1. The van der Waals surface area contributed by atoms with Gasteiger partial charge in [-0.3, -0.25) is 14.7 Å². The summed E-state index contributed by atoms with van der Waals surface area (Å²) < 4.78 is 4.95. The molecule has 0 bridgehead atoms. The van der Waals surface area contributed by atoms with Gasteiger partial charge in [0.2, 0.25) is 5.91 Å². The third-order valence-electron chi connectivity index (χ3n) is 5.29. The highest BCUT2D eigenvalue weighted by Gasteiger charge is 2.21. The van der Waals surface area contributed by atoms with Crippen LogP contribution in [0.1, 0.15) is 5.56 Å². The molecule has 172 valence electrons. The first-order valence-electron chi connectivity index (χ1n) is 10.3. The Kier molecular flexibility index (Phi) is 10.9. The second-order valence-corrected chi connectivity index (χ2v) is 7.77. The maximum Gasteiger partial charge on any atom is 0.234 e. The zero-order valence-corrected chi connectivity index (χ0v) is 21.2. The Bertz CT molecular complexity index is 867. The van der Waals surface area contributed by atoms with E-state index in [4.69, 9.17) is 16.3 Å². The van der Waals surface area contributed by atoms with Crippen LogP contribution < -0.4 is 10.6 Å². The summed E-state index contributed by atoms with van der Waals surface area (Å²) in [5, 5.41) is 8.24. The van der Waals surface area contributed by atoms with Crippen molar-refractivity contribution < 1.29 is 9.53 Å². The summed E-state index contributed by atoms with van der Waals surface area (Å²) in [5.74, 6) is 0.943. The molecule has 2 heterocycles. The summed E-state index contributed by atoms with van der Waals surface area (Å²) in [7, 11) is 3.44. The van der Waals surface area contributed by atoms with Crippen LogP contribution in [-0.2, 0) is 16.0 Å². The minimum Gasteiger partial charge on any atom is -0.383 e. The van der Waals surface area contributed by atoms with Gasteiger partial charge in [0.1, 0.15) is 0 Å². The van der Waals surface area contributed by atoms with Crippen LogP contribution in [0.15, 0.2) is 29.4 Å². The van der Waals surface area contributed by atoms with Crippen LogP contribution in [0, 0.1) is 0 Å². The minimum absolute atomic E-state index is 0. The van der Waals surface area contributed by atoms with Gasteiger partial charge in [-0.1, -0.05) is 11.6 Å². The first kappa shape index (κ1) is 25.7. The Morgan fingerprint density at radius 2 is 2.00 bits per heavy atom. The van der Waals surface area contributed by atoms with E-state index in [0.29, 0.717) is 19.7 Å². The lowest BCUT2D eigenvalue weighted by Crippen LogP contribution is -2.54. The lowest BCUT2D eigenvalue weighted by atomic mass is 10.1. The van der Waals surface area contributed by atoms with Crippen molar-refractivity contribution in [1.82, 2.24) is 25.4 Å². The number of nitrogens with zero attached hydrogens (tertiary/aromatic N) is 3. The molecule has 1 saturated heterocycles. The van der Waals surface area contributed by atoms with Crippen LogP contribution in [-0.4, -0.2) is 93.2 Å². The van der Waals surface area contributed by atoms with Crippen LogP contribution in [0.5, 0.6) is 0 Å². The average Bonchev–Trinajstić information content (AvgIpc) is 3.14. The van der Waals surface area contributed by atoms with E-state index in [1.54, 1.807) is 7.11 Å². The number of aliphatic imine (C=N–C) groups is 1. The first-order valence-corrected chi connectivity index (χ1v) is 10.7. The SMILES string of the molecule is CN=C(NCCc1c[nH]c2ccc(Cl)cc12)N1CCN(CC(=O)NCCOC)CC1.I. The number of ether oxygens (including phenoxy) is 1. The number of piperazine rings is 1. The molecule has 0 atom stereocenters. The summed E-state index contributed by atoms with van der Waals surface area (Å²) in [5.41, 5.74) is 2.33. The lowest BCUT2D eigenvalue weighted by Gasteiger charge is -2.36. The van der Waals surface area contributed by atoms with E-state index in [-0.39, 0.29) is 29.9 Å². The van der Waals surface area contributed by atoms with Gasteiger partial charge in [-0.15, -0.1) is 24.0 Å². The number of methoxy groups -OCH3 is 1. The Labute approximate surface area is 205 Å². The molecular formula is C21H32ClIN6O2. The summed E-state index contributed by atoms with van der Waals surface area (Å²) in [6.07, 6.45) is 2.92. The predicted molar refractivity (Wildman–Crippen MR) is 137 cm³/mol. The number of carbonyl (C=O) groups is 1. The van der Waals surface area contributed by atoms with Gasteiger partial charge in [-0.2, -0.15) is 0 Å². The number of carbonyl (C=O) groups excluding carboxylic acids is 1.